The molecule has 2 rings (SSSR count). The third kappa shape index (κ3) is 3.98. The van der Waals surface area contributed by atoms with Crippen molar-refractivity contribution in [2.24, 2.45) is 0 Å². The van der Waals surface area contributed by atoms with Crippen LogP contribution >= 0.6 is 23.2 Å². The first kappa shape index (κ1) is 14.4. The number of halogens is 2. The number of nitrogens with zero attached hydrogens (tertiary/aromatic N) is 2. The Kier molecular flexibility index (Phi) is 5.28. The van der Waals surface area contributed by atoms with E-state index in [-0.39, 0.29) is 12.0 Å². The minimum absolute atomic E-state index is 0.0204. The Balaban J connectivity index is 1.94. The van der Waals surface area contributed by atoms with Crippen LogP contribution in [0.15, 0.2) is 18.5 Å². The van der Waals surface area contributed by atoms with Gasteiger partial charge in [-0.15, -0.1) is 11.6 Å². The van der Waals surface area contributed by atoms with Gasteiger partial charge in [0.2, 0.25) is 5.91 Å². The summed E-state index contributed by atoms with van der Waals surface area (Å²) in [5, 5.41) is 0.492. The fourth-order valence-electron chi connectivity index (χ4n) is 2.14. The highest BCUT2D eigenvalue weighted by atomic mass is 35.5. The van der Waals surface area contributed by atoms with Crippen LogP contribution in [0.4, 0.5) is 0 Å². The highest BCUT2D eigenvalue weighted by Gasteiger charge is 2.24. The second-order valence-corrected chi connectivity index (χ2v) is 5.25. The Hall–Kier alpha value is -1.00. The topological polar surface area (TPSA) is 42.4 Å². The standard InChI is InChI=1S/C13H16Cl2N2O2/c14-5-3-13(18)17-7-1-2-10(9-17)19-12-4-6-16-8-11(12)15/h4,6,8,10H,1-3,5,7,9H2. The van der Waals surface area contributed by atoms with E-state index >= 15 is 0 Å². The number of likely N-dealkylation sites (tertiary alicyclic amines) is 1. The number of hydrogen-bond donors (Lipinski definition) is 0. The van der Waals surface area contributed by atoms with Crippen molar-refractivity contribution in [3.63, 3.8) is 0 Å². The summed E-state index contributed by atoms with van der Waals surface area (Å²) in [5.74, 6) is 1.06. The molecule has 1 aromatic rings. The largest absolute Gasteiger partial charge is 0.487 e. The molecule has 1 atom stereocenters. The van der Waals surface area contributed by atoms with Gasteiger partial charge in [0.25, 0.3) is 0 Å². The van der Waals surface area contributed by atoms with Gasteiger partial charge in [-0.25, -0.2) is 0 Å². The van der Waals surface area contributed by atoms with E-state index < -0.39 is 0 Å². The molecule has 0 spiro atoms. The molecule has 6 heteroatoms. The predicted molar refractivity (Wildman–Crippen MR) is 74.8 cm³/mol. The van der Waals surface area contributed by atoms with Crippen LogP contribution in [0.25, 0.3) is 0 Å². The molecule has 1 aromatic heterocycles. The molecular weight excluding hydrogens is 287 g/mol. The Morgan fingerprint density at radius 2 is 2.42 bits per heavy atom. The highest BCUT2D eigenvalue weighted by Crippen LogP contribution is 2.25. The number of ether oxygens (including phenoxy) is 1. The van der Waals surface area contributed by atoms with Gasteiger partial charge in [-0.1, -0.05) is 11.6 Å². The zero-order valence-corrected chi connectivity index (χ0v) is 12.0. The number of piperidine rings is 1. The average molecular weight is 303 g/mol. The van der Waals surface area contributed by atoms with Gasteiger partial charge in [-0.3, -0.25) is 9.78 Å². The molecule has 1 unspecified atom stereocenters. The van der Waals surface area contributed by atoms with Gasteiger partial charge in [0.1, 0.15) is 16.9 Å². The maximum absolute atomic E-state index is 11.8. The predicted octanol–water partition coefficient (Wildman–Crippen LogP) is 2.73. The van der Waals surface area contributed by atoms with Crippen molar-refractivity contribution in [3.8, 4) is 5.75 Å². The van der Waals surface area contributed by atoms with Crippen molar-refractivity contribution < 1.29 is 9.53 Å². The number of hydrogen-bond acceptors (Lipinski definition) is 3. The fraction of sp³-hybridized carbons (Fsp3) is 0.538. The summed E-state index contributed by atoms with van der Waals surface area (Å²) in [7, 11) is 0. The molecule has 1 amide bonds. The number of carbonyl (C=O) groups excluding carboxylic acids is 1. The van der Waals surface area contributed by atoms with Gasteiger partial charge in [-0.2, -0.15) is 0 Å². The van der Waals surface area contributed by atoms with Crippen molar-refractivity contribution >= 4 is 29.1 Å². The van der Waals surface area contributed by atoms with Gasteiger partial charge >= 0.3 is 0 Å². The Morgan fingerprint density at radius 1 is 1.58 bits per heavy atom. The molecule has 4 nitrogen and oxygen atoms in total. The van der Waals surface area contributed by atoms with Crippen LogP contribution in [0.1, 0.15) is 19.3 Å². The molecule has 0 aromatic carbocycles. The summed E-state index contributed by atoms with van der Waals surface area (Å²) in [6.07, 6.45) is 5.40. The third-order valence-electron chi connectivity index (χ3n) is 3.07. The van der Waals surface area contributed by atoms with Crippen LogP contribution in [0, 0.1) is 0 Å². The maximum atomic E-state index is 11.8. The van der Waals surface area contributed by atoms with Crippen LogP contribution < -0.4 is 4.74 Å². The number of amides is 1. The molecule has 0 bridgehead atoms. The third-order valence-corrected chi connectivity index (χ3v) is 3.54. The number of pyridine rings is 1. The lowest BCUT2D eigenvalue weighted by atomic mass is 10.1. The quantitative estimate of drug-likeness (QED) is 0.803. The molecule has 19 heavy (non-hydrogen) atoms. The van der Waals surface area contributed by atoms with E-state index in [9.17, 15) is 4.79 Å². The maximum Gasteiger partial charge on any atom is 0.223 e. The molecule has 104 valence electrons. The van der Waals surface area contributed by atoms with Crippen LogP contribution in [0.3, 0.4) is 0 Å². The zero-order valence-electron chi connectivity index (χ0n) is 10.5. The van der Waals surface area contributed by atoms with Gasteiger partial charge < -0.3 is 9.64 Å². The molecule has 1 aliphatic rings. The van der Waals surface area contributed by atoms with Crippen molar-refractivity contribution in [2.75, 3.05) is 19.0 Å². The lowest BCUT2D eigenvalue weighted by molar-refractivity contribution is -0.133. The van der Waals surface area contributed by atoms with Gasteiger partial charge in [0.15, 0.2) is 0 Å². The number of carbonyl (C=O) groups is 1. The summed E-state index contributed by atoms with van der Waals surface area (Å²) >= 11 is 11.6. The molecule has 0 saturated carbocycles. The molecule has 1 aliphatic heterocycles. The molecule has 2 heterocycles. The molecule has 0 radical (unpaired) electrons. The molecule has 0 N–H and O–H groups in total. The molecule has 1 fully saturated rings. The van der Waals surface area contributed by atoms with Crippen molar-refractivity contribution in [1.82, 2.24) is 9.88 Å². The highest BCUT2D eigenvalue weighted by molar-refractivity contribution is 6.31. The SMILES string of the molecule is O=C(CCCl)N1CCCC(Oc2ccncc2Cl)C1. The molecular formula is C13H16Cl2N2O2. The van der Waals surface area contributed by atoms with Gasteiger partial charge in [0, 0.05) is 37.3 Å². The summed E-state index contributed by atoms with van der Waals surface area (Å²) in [5.41, 5.74) is 0. The summed E-state index contributed by atoms with van der Waals surface area (Å²) < 4.78 is 5.85. The van der Waals surface area contributed by atoms with E-state index in [0.717, 1.165) is 19.4 Å². The first-order valence-electron chi connectivity index (χ1n) is 6.30. The van der Waals surface area contributed by atoms with Crippen LogP contribution in [0.5, 0.6) is 5.75 Å². The Bertz CT molecular complexity index is 442. The van der Waals surface area contributed by atoms with Crippen LogP contribution in [-0.4, -0.2) is 40.9 Å². The van der Waals surface area contributed by atoms with Crippen LogP contribution in [-0.2, 0) is 4.79 Å². The second kappa shape index (κ2) is 6.96. The van der Waals surface area contributed by atoms with E-state index in [1.807, 2.05) is 4.90 Å². The smallest absolute Gasteiger partial charge is 0.223 e. The fourth-order valence-corrected chi connectivity index (χ4v) is 2.46. The van der Waals surface area contributed by atoms with Gasteiger partial charge in [-0.05, 0) is 12.8 Å². The van der Waals surface area contributed by atoms with Crippen LogP contribution in [0.2, 0.25) is 5.02 Å². The van der Waals surface area contributed by atoms with E-state index in [0.29, 0.717) is 29.6 Å². The van der Waals surface area contributed by atoms with E-state index in [4.69, 9.17) is 27.9 Å². The van der Waals surface area contributed by atoms with E-state index in [1.54, 1.807) is 18.5 Å². The first-order chi connectivity index (χ1) is 9.20. The zero-order chi connectivity index (χ0) is 13.7. The number of rotatable bonds is 4. The Labute approximate surface area is 122 Å². The normalized spacial score (nSPS) is 19.3. The number of aromatic nitrogens is 1. The number of alkyl halides is 1. The second-order valence-electron chi connectivity index (χ2n) is 4.47. The molecule has 1 saturated heterocycles. The van der Waals surface area contributed by atoms with Crippen molar-refractivity contribution in [1.29, 1.82) is 0 Å². The lowest BCUT2D eigenvalue weighted by Crippen LogP contribution is -2.44. The summed E-state index contributed by atoms with van der Waals surface area (Å²) in [6.45, 7) is 1.37. The van der Waals surface area contributed by atoms with E-state index in [2.05, 4.69) is 4.98 Å². The minimum atomic E-state index is -0.0204. The van der Waals surface area contributed by atoms with E-state index in [1.165, 1.54) is 0 Å². The summed E-state index contributed by atoms with van der Waals surface area (Å²) in [4.78, 5) is 17.5. The first-order valence-corrected chi connectivity index (χ1v) is 7.22. The monoisotopic (exact) mass is 302 g/mol. The van der Waals surface area contributed by atoms with Crippen molar-refractivity contribution in [3.05, 3.63) is 23.5 Å². The summed E-state index contributed by atoms with van der Waals surface area (Å²) in [6, 6.07) is 1.74. The minimum Gasteiger partial charge on any atom is -0.487 e. The average Bonchev–Trinajstić information content (AvgIpc) is 2.42. The van der Waals surface area contributed by atoms with Gasteiger partial charge in [0.05, 0.1) is 6.54 Å². The molecule has 0 aliphatic carbocycles. The Morgan fingerprint density at radius 3 is 3.16 bits per heavy atom. The lowest BCUT2D eigenvalue weighted by Gasteiger charge is -2.33. The van der Waals surface area contributed by atoms with Crippen molar-refractivity contribution in [2.45, 2.75) is 25.4 Å².